The van der Waals surface area contributed by atoms with Crippen LogP contribution in [0.1, 0.15) is 57.2 Å². The molecule has 152 valence electrons. The monoisotopic (exact) mass is 453 g/mol. The third-order valence-corrected chi connectivity index (χ3v) is 6.47. The van der Waals surface area contributed by atoms with Gasteiger partial charge >= 0.3 is 0 Å². The maximum Gasteiger partial charge on any atom is 0.227 e. The fourth-order valence-electron chi connectivity index (χ4n) is 4.30. The third-order valence-electron chi connectivity index (χ3n) is 5.80. The van der Waals surface area contributed by atoms with Gasteiger partial charge in [0.05, 0.1) is 16.7 Å². The van der Waals surface area contributed by atoms with Gasteiger partial charge < -0.3 is 9.47 Å². The quantitative estimate of drug-likeness (QED) is 0.375. The Morgan fingerprint density at radius 3 is 2.62 bits per heavy atom. The first-order valence-corrected chi connectivity index (χ1v) is 11.5. The molecule has 0 spiro atoms. The van der Waals surface area contributed by atoms with E-state index in [0.717, 1.165) is 34.5 Å². The van der Waals surface area contributed by atoms with E-state index >= 15 is 0 Å². The number of anilines is 1. The van der Waals surface area contributed by atoms with Crippen LogP contribution in [-0.2, 0) is 11.3 Å². The Morgan fingerprint density at radius 2 is 1.79 bits per heavy atom. The number of carbonyl (C=O) groups is 1. The van der Waals surface area contributed by atoms with Gasteiger partial charge in [-0.3, -0.25) is 4.79 Å². The lowest BCUT2D eigenvalue weighted by Gasteiger charge is -2.18. The predicted octanol–water partition coefficient (Wildman–Crippen LogP) is 6.29. The van der Waals surface area contributed by atoms with Crippen LogP contribution >= 0.6 is 15.9 Å². The van der Waals surface area contributed by atoms with Crippen molar-refractivity contribution in [2.75, 3.05) is 11.4 Å². The normalized spacial score (nSPS) is 16.8. The molecule has 0 bridgehead atoms. The van der Waals surface area contributed by atoms with E-state index in [1.807, 2.05) is 35.2 Å². The molecule has 3 aromatic rings. The first-order valence-electron chi connectivity index (χ1n) is 10.7. The Morgan fingerprint density at radius 1 is 1.03 bits per heavy atom. The average molecular weight is 454 g/mol. The second kappa shape index (κ2) is 9.12. The molecule has 1 aliphatic rings. The van der Waals surface area contributed by atoms with Crippen LogP contribution in [-0.4, -0.2) is 22.0 Å². The van der Waals surface area contributed by atoms with Gasteiger partial charge in [0.1, 0.15) is 5.82 Å². The van der Waals surface area contributed by atoms with Gasteiger partial charge in [0.25, 0.3) is 0 Å². The highest BCUT2D eigenvalue weighted by molar-refractivity contribution is 9.10. The zero-order valence-electron chi connectivity index (χ0n) is 17.0. The third kappa shape index (κ3) is 4.25. The second-order valence-electron chi connectivity index (χ2n) is 7.88. The van der Waals surface area contributed by atoms with Crippen molar-refractivity contribution in [3.8, 4) is 0 Å². The Kier molecular flexibility index (Phi) is 6.34. The molecule has 1 amide bonds. The number of carbonyl (C=O) groups excluding carboxylic acids is 1. The molecule has 1 saturated heterocycles. The number of aromatic nitrogens is 2. The Labute approximate surface area is 181 Å². The molecule has 1 unspecified atom stereocenters. The predicted molar refractivity (Wildman–Crippen MR) is 122 cm³/mol. The minimum absolute atomic E-state index is 0.123. The highest BCUT2D eigenvalue weighted by Gasteiger charge is 2.35. The van der Waals surface area contributed by atoms with E-state index in [2.05, 4.69) is 45.6 Å². The summed E-state index contributed by atoms with van der Waals surface area (Å²) in [7, 11) is 0. The van der Waals surface area contributed by atoms with Crippen molar-refractivity contribution in [3.63, 3.8) is 0 Å². The van der Waals surface area contributed by atoms with Crippen molar-refractivity contribution in [1.29, 1.82) is 0 Å². The van der Waals surface area contributed by atoms with Gasteiger partial charge in [-0.25, -0.2) is 4.98 Å². The first kappa shape index (κ1) is 20.1. The molecule has 1 aliphatic heterocycles. The van der Waals surface area contributed by atoms with Crippen LogP contribution < -0.4 is 4.90 Å². The zero-order chi connectivity index (χ0) is 20.2. The number of fused-ring (bicyclic) bond motifs is 1. The number of imidazole rings is 1. The molecule has 0 aliphatic carbocycles. The molecule has 29 heavy (non-hydrogen) atoms. The SMILES string of the molecule is CCCCCCCn1c(C2CC(=O)N(c3ccccc3Br)C2)nc2ccccc21. The van der Waals surface area contributed by atoms with Gasteiger partial charge in [0.2, 0.25) is 5.91 Å². The summed E-state index contributed by atoms with van der Waals surface area (Å²) in [6.45, 7) is 3.90. The smallest absolute Gasteiger partial charge is 0.227 e. The summed E-state index contributed by atoms with van der Waals surface area (Å²) >= 11 is 3.59. The lowest BCUT2D eigenvalue weighted by atomic mass is 10.1. The summed E-state index contributed by atoms with van der Waals surface area (Å²) in [5, 5.41) is 0. The highest BCUT2D eigenvalue weighted by atomic mass is 79.9. The number of benzene rings is 2. The molecule has 4 rings (SSSR count). The topological polar surface area (TPSA) is 38.1 Å². The highest BCUT2D eigenvalue weighted by Crippen LogP contribution is 2.36. The summed E-state index contributed by atoms with van der Waals surface area (Å²) in [6.07, 6.45) is 6.76. The number of aryl methyl sites for hydroxylation is 1. The number of halogens is 1. The standard InChI is InChI=1S/C24H28BrN3O/c1-2-3-4-5-10-15-27-22-14-9-7-12-20(22)26-24(27)18-16-23(29)28(17-18)21-13-8-6-11-19(21)25/h6-9,11-14,18H,2-5,10,15-17H2,1H3. The largest absolute Gasteiger partial charge is 0.328 e. The van der Waals surface area contributed by atoms with E-state index < -0.39 is 0 Å². The van der Waals surface area contributed by atoms with Crippen molar-refractivity contribution >= 4 is 38.6 Å². The minimum atomic E-state index is 0.123. The Balaban J connectivity index is 1.59. The number of hydrogen-bond donors (Lipinski definition) is 0. The minimum Gasteiger partial charge on any atom is -0.328 e. The molecule has 0 radical (unpaired) electrons. The van der Waals surface area contributed by atoms with E-state index in [4.69, 9.17) is 4.98 Å². The van der Waals surface area contributed by atoms with Crippen LogP contribution in [0, 0.1) is 0 Å². The van der Waals surface area contributed by atoms with Gasteiger partial charge in [0, 0.05) is 29.9 Å². The van der Waals surface area contributed by atoms with Gasteiger partial charge in [-0.2, -0.15) is 0 Å². The fraction of sp³-hybridized carbons (Fsp3) is 0.417. The number of amides is 1. The van der Waals surface area contributed by atoms with Gasteiger partial charge in [-0.1, -0.05) is 56.9 Å². The number of nitrogens with zero attached hydrogens (tertiary/aromatic N) is 3. The average Bonchev–Trinajstić information content (AvgIpc) is 3.29. The molecule has 2 heterocycles. The lowest BCUT2D eigenvalue weighted by molar-refractivity contribution is -0.117. The Hall–Kier alpha value is -2.14. The molecule has 4 nitrogen and oxygen atoms in total. The van der Waals surface area contributed by atoms with E-state index in [1.54, 1.807) is 0 Å². The van der Waals surface area contributed by atoms with Crippen LogP contribution in [0.3, 0.4) is 0 Å². The Bertz CT molecular complexity index is 997. The van der Waals surface area contributed by atoms with Crippen molar-refractivity contribution in [2.24, 2.45) is 0 Å². The van der Waals surface area contributed by atoms with Crippen LogP contribution in [0.15, 0.2) is 53.0 Å². The molecule has 2 aromatic carbocycles. The van der Waals surface area contributed by atoms with Gasteiger partial charge in [-0.15, -0.1) is 0 Å². The second-order valence-corrected chi connectivity index (χ2v) is 8.74. The van der Waals surface area contributed by atoms with Crippen molar-refractivity contribution < 1.29 is 4.79 Å². The maximum atomic E-state index is 12.8. The van der Waals surface area contributed by atoms with Crippen molar-refractivity contribution in [3.05, 3.63) is 58.8 Å². The maximum absolute atomic E-state index is 12.8. The number of rotatable bonds is 8. The lowest BCUT2D eigenvalue weighted by Crippen LogP contribution is -2.25. The number of para-hydroxylation sites is 3. The molecule has 1 aromatic heterocycles. The van der Waals surface area contributed by atoms with Crippen molar-refractivity contribution in [2.45, 2.75) is 57.9 Å². The van der Waals surface area contributed by atoms with Crippen LogP contribution in [0.5, 0.6) is 0 Å². The summed E-state index contributed by atoms with van der Waals surface area (Å²) in [5.41, 5.74) is 3.16. The summed E-state index contributed by atoms with van der Waals surface area (Å²) < 4.78 is 3.32. The first-order chi connectivity index (χ1) is 14.2. The molecule has 0 N–H and O–H groups in total. The fourth-order valence-corrected chi connectivity index (χ4v) is 4.80. The van der Waals surface area contributed by atoms with E-state index in [0.29, 0.717) is 13.0 Å². The van der Waals surface area contributed by atoms with Crippen LogP contribution in [0.25, 0.3) is 11.0 Å². The molecule has 1 atom stereocenters. The molecular formula is C24H28BrN3O. The van der Waals surface area contributed by atoms with Crippen LogP contribution in [0.4, 0.5) is 5.69 Å². The molecule has 0 saturated carbocycles. The van der Waals surface area contributed by atoms with E-state index in [1.165, 1.54) is 31.2 Å². The van der Waals surface area contributed by atoms with Gasteiger partial charge in [0.15, 0.2) is 0 Å². The number of hydrogen-bond acceptors (Lipinski definition) is 2. The zero-order valence-corrected chi connectivity index (χ0v) is 18.6. The molecule has 5 heteroatoms. The summed E-state index contributed by atoms with van der Waals surface area (Å²) in [6, 6.07) is 16.3. The summed E-state index contributed by atoms with van der Waals surface area (Å²) in [5.74, 6) is 1.35. The molecule has 1 fully saturated rings. The van der Waals surface area contributed by atoms with E-state index in [9.17, 15) is 4.79 Å². The number of unbranched alkanes of at least 4 members (excludes halogenated alkanes) is 4. The summed E-state index contributed by atoms with van der Waals surface area (Å²) in [4.78, 5) is 19.7. The van der Waals surface area contributed by atoms with E-state index in [-0.39, 0.29) is 11.8 Å². The van der Waals surface area contributed by atoms with Crippen LogP contribution in [0.2, 0.25) is 0 Å². The van der Waals surface area contributed by atoms with Gasteiger partial charge in [-0.05, 0) is 46.6 Å². The van der Waals surface area contributed by atoms with Crippen molar-refractivity contribution in [1.82, 2.24) is 9.55 Å². The molecular weight excluding hydrogens is 426 g/mol.